The fourth-order valence-corrected chi connectivity index (χ4v) is 3.84. The van der Waals surface area contributed by atoms with E-state index in [2.05, 4.69) is 0 Å². The molecular formula is C14H22O2. The molecule has 0 spiro atoms. The van der Waals surface area contributed by atoms with Crippen LogP contribution >= 0.6 is 0 Å². The molecule has 3 fully saturated rings. The summed E-state index contributed by atoms with van der Waals surface area (Å²) in [6.45, 7) is 1.74. The van der Waals surface area contributed by atoms with Crippen LogP contribution in [0.15, 0.2) is 0 Å². The first-order valence-corrected chi connectivity index (χ1v) is 6.96. The van der Waals surface area contributed by atoms with Gasteiger partial charge in [-0.1, -0.05) is 12.8 Å². The zero-order valence-corrected chi connectivity index (χ0v) is 9.99. The number of ketones is 1. The lowest BCUT2D eigenvalue weighted by atomic mass is 9.92. The number of fused-ring (bicyclic) bond motifs is 1. The molecule has 1 saturated heterocycles. The van der Waals surface area contributed by atoms with E-state index >= 15 is 0 Å². The van der Waals surface area contributed by atoms with E-state index in [9.17, 15) is 4.79 Å². The quantitative estimate of drug-likeness (QED) is 0.734. The number of rotatable bonds is 3. The maximum absolute atomic E-state index is 12.2. The molecule has 0 aromatic heterocycles. The van der Waals surface area contributed by atoms with Gasteiger partial charge in [-0.2, -0.15) is 0 Å². The third-order valence-corrected chi connectivity index (χ3v) is 4.86. The minimum absolute atomic E-state index is 0.477. The van der Waals surface area contributed by atoms with Gasteiger partial charge in [-0.05, 0) is 43.4 Å². The summed E-state index contributed by atoms with van der Waals surface area (Å²) < 4.78 is 5.34. The Morgan fingerprint density at radius 3 is 2.25 bits per heavy atom. The largest absolute Gasteiger partial charge is 0.381 e. The highest BCUT2D eigenvalue weighted by Gasteiger charge is 2.54. The Bertz CT molecular complexity index is 256. The summed E-state index contributed by atoms with van der Waals surface area (Å²) in [6.07, 6.45) is 8.44. The molecule has 3 aliphatic rings. The van der Waals surface area contributed by atoms with Crippen molar-refractivity contribution in [1.29, 1.82) is 0 Å². The second-order valence-corrected chi connectivity index (χ2v) is 5.86. The van der Waals surface area contributed by atoms with Crippen LogP contribution in [0.5, 0.6) is 0 Å². The molecule has 2 nitrogen and oxygen atoms in total. The molecule has 1 heterocycles. The summed E-state index contributed by atoms with van der Waals surface area (Å²) in [7, 11) is 0. The Hall–Kier alpha value is -0.370. The first-order chi connectivity index (χ1) is 7.86. The molecular weight excluding hydrogens is 200 g/mol. The minimum atomic E-state index is 0.477. The zero-order chi connectivity index (χ0) is 11.0. The van der Waals surface area contributed by atoms with Crippen LogP contribution in [0.1, 0.15) is 44.9 Å². The normalized spacial score (nSPS) is 39.1. The van der Waals surface area contributed by atoms with E-state index < -0.39 is 0 Å². The summed E-state index contributed by atoms with van der Waals surface area (Å²) in [5.74, 6) is 3.28. The van der Waals surface area contributed by atoms with Crippen LogP contribution < -0.4 is 0 Å². The molecule has 2 heteroatoms. The van der Waals surface area contributed by atoms with Crippen LogP contribution in [0.3, 0.4) is 0 Å². The lowest BCUT2D eigenvalue weighted by molar-refractivity contribution is -0.122. The molecule has 0 bridgehead atoms. The zero-order valence-electron chi connectivity index (χ0n) is 9.99. The fraction of sp³-hybridized carbons (Fsp3) is 0.929. The third-order valence-electron chi connectivity index (χ3n) is 4.86. The predicted molar refractivity (Wildman–Crippen MR) is 62.1 cm³/mol. The van der Waals surface area contributed by atoms with Crippen LogP contribution in [-0.4, -0.2) is 19.0 Å². The van der Waals surface area contributed by atoms with Gasteiger partial charge >= 0.3 is 0 Å². The monoisotopic (exact) mass is 222 g/mol. The van der Waals surface area contributed by atoms with E-state index in [1.165, 1.54) is 25.7 Å². The summed E-state index contributed by atoms with van der Waals surface area (Å²) in [5.41, 5.74) is 0. The second kappa shape index (κ2) is 4.48. The third kappa shape index (κ3) is 2.04. The SMILES string of the molecule is O=C(CC1CCOCC1)C1C2CCCCC21. The van der Waals surface area contributed by atoms with Gasteiger partial charge in [-0.3, -0.25) is 4.79 Å². The van der Waals surface area contributed by atoms with Gasteiger partial charge < -0.3 is 4.74 Å². The van der Waals surface area contributed by atoms with Crippen molar-refractivity contribution in [3.63, 3.8) is 0 Å². The van der Waals surface area contributed by atoms with E-state index in [1.807, 2.05) is 0 Å². The predicted octanol–water partition coefficient (Wildman–Crippen LogP) is 2.81. The van der Waals surface area contributed by atoms with Crippen LogP contribution in [-0.2, 0) is 9.53 Å². The van der Waals surface area contributed by atoms with E-state index in [0.29, 0.717) is 17.6 Å². The van der Waals surface area contributed by atoms with Crippen molar-refractivity contribution in [3.05, 3.63) is 0 Å². The molecule has 16 heavy (non-hydrogen) atoms. The summed E-state index contributed by atoms with van der Waals surface area (Å²) >= 11 is 0. The van der Waals surface area contributed by atoms with Gasteiger partial charge in [0, 0.05) is 25.6 Å². The van der Waals surface area contributed by atoms with E-state index in [1.54, 1.807) is 0 Å². The number of hydrogen-bond donors (Lipinski definition) is 0. The number of hydrogen-bond acceptors (Lipinski definition) is 2. The Labute approximate surface area is 97.7 Å². The summed E-state index contributed by atoms with van der Waals surface area (Å²) in [5, 5.41) is 0. The molecule has 0 aromatic rings. The maximum Gasteiger partial charge on any atom is 0.136 e. The van der Waals surface area contributed by atoms with Gasteiger partial charge in [-0.25, -0.2) is 0 Å². The Balaban J connectivity index is 1.50. The molecule has 1 aliphatic heterocycles. The molecule has 0 amide bonds. The standard InChI is InChI=1S/C14H22O2/c15-13(9-10-5-7-16-8-6-10)14-11-3-1-2-4-12(11)14/h10-12,14H,1-9H2. The van der Waals surface area contributed by atoms with Gasteiger partial charge in [0.2, 0.25) is 0 Å². The average Bonchev–Trinajstić information content (AvgIpc) is 3.04. The average molecular weight is 222 g/mol. The van der Waals surface area contributed by atoms with Crippen molar-refractivity contribution in [2.45, 2.75) is 44.9 Å². The van der Waals surface area contributed by atoms with Crippen molar-refractivity contribution < 1.29 is 9.53 Å². The van der Waals surface area contributed by atoms with Gasteiger partial charge in [0.25, 0.3) is 0 Å². The number of carbonyl (C=O) groups is 1. The molecule has 2 aliphatic carbocycles. The molecule has 0 aromatic carbocycles. The molecule has 2 unspecified atom stereocenters. The van der Waals surface area contributed by atoms with Crippen molar-refractivity contribution in [2.24, 2.45) is 23.7 Å². The highest BCUT2D eigenvalue weighted by Crippen LogP contribution is 2.56. The van der Waals surface area contributed by atoms with Crippen molar-refractivity contribution >= 4 is 5.78 Å². The number of carbonyl (C=O) groups excluding carboxylic acids is 1. The molecule has 90 valence electrons. The van der Waals surface area contributed by atoms with E-state index in [-0.39, 0.29) is 0 Å². The van der Waals surface area contributed by atoms with Gasteiger partial charge in [0.1, 0.15) is 5.78 Å². The van der Waals surface area contributed by atoms with E-state index in [0.717, 1.165) is 44.3 Å². The number of ether oxygens (including phenoxy) is 1. The Morgan fingerprint density at radius 1 is 1.00 bits per heavy atom. The molecule has 2 saturated carbocycles. The molecule has 0 N–H and O–H groups in total. The van der Waals surface area contributed by atoms with Crippen LogP contribution in [0, 0.1) is 23.7 Å². The van der Waals surface area contributed by atoms with Gasteiger partial charge in [-0.15, -0.1) is 0 Å². The Kier molecular flexibility index (Phi) is 3.01. The van der Waals surface area contributed by atoms with E-state index in [4.69, 9.17) is 4.74 Å². The number of Topliss-reactive ketones (excluding diaryl/α,β-unsaturated/α-hetero) is 1. The Morgan fingerprint density at radius 2 is 1.62 bits per heavy atom. The molecule has 0 radical (unpaired) electrons. The lowest BCUT2D eigenvalue weighted by Crippen LogP contribution is -2.19. The molecule has 2 atom stereocenters. The minimum Gasteiger partial charge on any atom is -0.381 e. The smallest absolute Gasteiger partial charge is 0.136 e. The topological polar surface area (TPSA) is 26.3 Å². The molecule has 3 rings (SSSR count). The fourth-order valence-electron chi connectivity index (χ4n) is 3.84. The van der Waals surface area contributed by atoms with Crippen LogP contribution in [0.4, 0.5) is 0 Å². The van der Waals surface area contributed by atoms with Crippen LogP contribution in [0.2, 0.25) is 0 Å². The van der Waals surface area contributed by atoms with Gasteiger partial charge in [0.15, 0.2) is 0 Å². The first kappa shape index (κ1) is 10.8. The first-order valence-electron chi connectivity index (χ1n) is 6.96. The highest BCUT2D eigenvalue weighted by molar-refractivity contribution is 5.84. The highest BCUT2D eigenvalue weighted by atomic mass is 16.5. The summed E-state index contributed by atoms with van der Waals surface area (Å²) in [6, 6.07) is 0. The summed E-state index contributed by atoms with van der Waals surface area (Å²) in [4.78, 5) is 12.2. The van der Waals surface area contributed by atoms with Crippen molar-refractivity contribution in [2.75, 3.05) is 13.2 Å². The maximum atomic E-state index is 12.2. The lowest BCUT2D eigenvalue weighted by Gasteiger charge is -2.21. The van der Waals surface area contributed by atoms with Crippen LogP contribution in [0.25, 0.3) is 0 Å². The van der Waals surface area contributed by atoms with Crippen molar-refractivity contribution in [3.8, 4) is 0 Å². The van der Waals surface area contributed by atoms with Crippen molar-refractivity contribution in [1.82, 2.24) is 0 Å². The van der Waals surface area contributed by atoms with Gasteiger partial charge in [0.05, 0.1) is 0 Å². The second-order valence-electron chi connectivity index (χ2n) is 5.86.